The van der Waals surface area contributed by atoms with E-state index in [1.807, 2.05) is 67.6 Å². The fraction of sp³-hybridized carbons (Fsp3) is 0.0882. The summed E-state index contributed by atoms with van der Waals surface area (Å²) < 4.78 is 29.5. The largest absolute Gasteiger partial charge is 0.341 e. The predicted molar refractivity (Wildman–Crippen MR) is 165 cm³/mol. The number of nitrogens with one attached hydrogen (secondary N) is 1. The minimum Gasteiger partial charge on any atom is -0.341 e. The van der Waals surface area contributed by atoms with Gasteiger partial charge in [-0.2, -0.15) is 0 Å². The molecule has 1 N–H and O–H groups in total. The second kappa shape index (κ2) is 12.4. The molecule has 0 aliphatic heterocycles. The molecule has 1 amide bonds. The van der Waals surface area contributed by atoms with Gasteiger partial charge in [0, 0.05) is 5.02 Å². The van der Waals surface area contributed by atoms with E-state index in [1.165, 1.54) is 4.31 Å². The number of carbonyl (C=O) groups is 1. The third-order valence-corrected chi connectivity index (χ3v) is 8.83. The number of halogens is 1. The van der Waals surface area contributed by atoms with Crippen LogP contribution in [0.1, 0.15) is 38.7 Å². The minimum atomic E-state index is -4.05. The maximum atomic E-state index is 14.1. The van der Waals surface area contributed by atoms with Crippen LogP contribution >= 0.6 is 11.6 Å². The molecule has 5 rings (SSSR count). The lowest BCUT2D eigenvalue weighted by molar-refractivity contribution is 0.0943. The molecule has 0 unspecified atom stereocenters. The van der Waals surface area contributed by atoms with E-state index in [0.717, 1.165) is 22.3 Å². The summed E-state index contributed by atoms with van der Waals surface area (Å²) in [6.45, 7) is 1.91. The SMILES string of the molecule is Cc1ccc(S(=O)(=O)N(Cc2ccc(Cl)cc2)c2ccccc2C(=O)NC(c2ccccc2)c2ccccc2)cc1. The molecule has 0 aliphatic carbocycles. The second-order valence-corrected chi connectivity index (χ2v) is 12.0. The highest BCUT2D eigenvalue weighted by atomic mass is 35.5. The van der Waals surface area contributed by atoms with Gasteiger partial charge < -0.3 is 5.32 Å². The van der Waals surface area contributed by atoms with Crippen molar-refractivity contribution in [2.45, 2.75) is 24.4 Å². The molecular formula is C34H29ClN2O3S. The monoisotopic (exact) mass is 580 g/mol. The van der Waals surface area contributed by atoms with E-state index in [4.69, 9.17) is 11.6 Å². The molecule has 0 radical (unpaired) electrons. The van der Waals surface area contributed by atoms with Crippen LogP contribution in [-0.2, 0) is 16.6 Å². The van der Waals surface area contributed by atoms with Crippen LogP contribution in [0.2, 0.25) is 5.02 Å². The minimum absolute atomic E-state index is 0.0124. The Labute approximate surface area is 246 Å². The number of anilines is 1. The predicted octanol–water partition coefficient (Wildman–Crippen LogP) is 7.56. The third kappa shape index (κ3) is 6.51. The number of rotatable bonds is 9. The summed E-state index contributed by atoms with van der Waals surface area (Å²) in [5.74, 6) is -0.390. The van der Waals surface area contributed by atoms with Gasteiger partial charge in [-0.3, -0.25) is 9.10 Å². The summed E-state index contributed by atoms with van der Waals surface area (Å²) in [4.78, 5) is 14.1. The van der Waals surface area contributed by atoms with Gasteiger partial charge in [-0.05, 0) is 60.0 Å². The Bertz CT molecular complexity index is 1690. The molecule has 41 heavy (non-hydrogen) atoms. The average molecular weight is 581 g/mol. The smallest absolute Gasteiger partial charge is 0.264 e. The number of para-hydroxylation sites is 1. The van der Waals surface area contributed by atoms with Crippen LogP contribution < -0.4 is 9.62 Å². The maximum Gasteiger partial charge on any atom is 0.264 e. The molecular weight excluding hydrogens is 552 g/mol. The number of benzene rings is 5. The zero-order valence-electron chi connectivity index (χ0n) is 22.4. The van der Waals surface area contributed by atoms with Gasteiger partial charge >= 0.3 is 0 Å². The highest BCUT2D eigenvalue weighted by molar-refractivity contribution is 7.92. The van der Waals surface area contributed by atoms with E-state index in [0.29, 0.717) is 5.02 Å². The van der Waals surface area contributed by atoms with Gasteiger partial charge in [0.15, 0.2) is 0 Å². The highest BCUT2D eigenvalue weighted by Gasteiger charge is 2.29. The topological polar surface area (TPSA) is 66.5 Å². The molecule has 0 saturated carbocycles. The normalized spacial score (nSPS) is 11.3. The number of sulfonamides is 1. The van der Waals surface area contributed by atoms with Crippen LogP contribution in [0.3, 0.4) is 0 Å². The number of carbonyl (C=O) groups excluding carboxylic acids is 1. The molecule has 0 heterocycles. The Morgan fingerprint density at radius 3 is 1.85 bits per heavy atom. The van der Waals surface area contributed by atoms with Gasteiger partial charge in [0.2, 0.25) is 0 Å². The Morgan fingerprint density at radius 2 is 1.27 bits per heavy atom. The molecule has 0 aromatic heterocycles. The van der Waals surface area contributed by atoms with Crippen LogP contribution in [0.4, 0.5) is 5.69 Å². The summed E-state index contributed by atoms with van der Waals surface area (Å²) in [5.41, 5.74) is 4.02. The third-order valence-electron chi connectivity index (χ3n) is 6.81. The van der Waals surface area contributed by atoms with Crippen LogP contribution in [0.5, 0.6) is 0 Å². The zero-order chi connectivity index (χ0) is 28.8. The first kappa shape index (κ1) is 28.1. The van der Waals surface area contributed by atoms with Crippen molar-refractivity contribution < 1.29 is 13.2 Å². The van der Waals surface area contributed by atoms with E-state index in [9.17, 15) is 13.2 Å². The molecule has 206 valence electrons. The van der Waals surface area contributed by atoms with E-state index in [1.54, 1.807) is 72.8 Å². The van der Waals surface area contributed by atoms with Crippen LogP contribution in [0.15, 0.2) is 138 Å². The molecule has 0 bridgehead atoms. The van der Waals surface area contributed by atoms with Crippen molar-refractivity contribution in [1.29, 1.82) is 0 Å². The Hall–Kier alpha value is -4.39. The standard InChI is InChI=1S/C34H29ClN2O3S/c1-25-16-22-30(23-17-25)41(39,40)37(24-26-18-20-29(35)21-19-26)32-15-9-8-14-31(32)34(38)36-33(27-10-4-2-5-11-27)28-12-6-3-7-13-28/h2-23,33H,24H2,1H3,(H,36,38). The quantitative estimate of drug-likeness (QED) is 0.196. The van der Waals surface area contributed by atoms with Gasteiger partial charge in [-0.1, -0.05) is 114 Å². The van der Waals surface area contributed by atoms with Crippen molar-refractivity contribution in [2.75, 3.05) is 4.31 Å². The van der Waals surface area contributed by atoms with E-state index >= 15 is 0 Å². The lowest BCUT2D eigenvalue weighted by Gasteiger charge is -2.27. The van der Waals surface area contributed by atoms with Gasteiger partial charge in [-0.15, -0.1) is 0 Å². The van der Waals surface area contributed by atoms with Crippen molar-refractivity contribution in [1.82, 2.24) is 5.32 Å². The second-order valence-electron chi connectivity index (χ2n) is 9.70. The Morgan fingerprint density at radius 1 is 0.732 bits per heavy atom. The summed E-state index contributed by atoms with van der Waals surface area (Å²) in [7, 11) is -4.05. The fourth-order valence-corrected chi connectivity index (χ4v) is 6.23. The molecule has 5 aromatic carbocycles. The van der Waals surface area contributed by atoms with Crippen molar-refractivity contribution in [3.63, 3.8) is 0 Å². The summed E-state index contributed by atoms with van der Waals surface area (Å²) in [6.07, 6.45) is 0. The lowest BCUT2D eigenvalue weighted by atomic mass is 9.98. The van der Waals surface area contributed by atoms with Crippen LogP contribution in [0.25, 0.3) is 0 Å². The molecule has 7 heteroatoms. The zero-order valence-corrected chi connectivity index (χ0v) is 24.0. The van der Waals surface area contributed by atoms with E-state index in [2.05, 4.69) is 5.32 Å². The van der Waals surface area contributed by atoms with Crippen molar-refractivity contribution in [3.05, 3.63) is 166 Å². The van der Waals surface area contributed by atoms with E-state index < -0.39 is 22.0 Å². The summed E-state index contributed by atoms with van der Waals surface area (Å²) >= 11 is 6.10. The number of amides is 1. The lowest BCUT2D eigenvalue weighted by Crippen LogP contribution is -2.34. The van der Waals surface area contributed by atoms with Crippen molar-refractivity contribution in [3.8, 4) is 0 Å². The molecule has 0 atom stereocenters. The number of aryl methyl sites for hydroxylation is 1. The van der Waals surface area contributed by atoms with Crippen LogP contribution in [0, 0.1) is 6.92 Å². The molecule has 0 saturated heterocycles. The number of nitrogens with zero attached hydrogens (tertiary/aromatic N) is 1. The van der Waals surface area contributed by atoms with Gasteiger partial charge in [0.1, 0.15) is 0 Å². The van der Waals surface area contributed by atoms with Crippen molar-refractivity contribution >= 4 is 33.2 Å². The molecule has 0 spiro atoms. The Balaban J connectivity index is 1.58. The first-order valence-electron chi connectivity index (χ1n) is 13.2. The van der Waals surface area contributed by atoms with E-state index in [-0.39, 0.29) is 22.7 Å². The van der Waals surface area contributed by atoms with Crippen LogP contribution in [-0.4, -0.2) is 14.3 Å². The molecule has 5 aromatic rings. The molecule has 0 aliphatic rings. The fourth-order valence-electron chi connectivity index (χ4n) is 4.63. The Kier molecular flexibility index (Phi) is 8.53. The summed E-state index contributed by atoms with van der Waals surface area (Å²) in [6, 6.07) is 39.4. The van der Waals surface area contributed by atoms with Gasteiger partial charge in [0.05, 0.1) is 28.7 Å². The first-order valence-corrected chi connectivity index (χ1v) is 15.0. The average Bonchev–Trinajstić information content (AvgIpc) is 3.00. The number of hydrogen-bond acceptors (Lipinski definition) is 3. The van der Waals surface area contributed by atoms with Crippen molar-refractivity contribution in [2.24, 2.45) is 0 Å². The van der Waals surface area contributed by atoms with Gasteiger partial charge in [-0.25, -0.2) is 8.42 Å². The maximum absolute atomic E-state index is 14.1. The van der Waals surface area contributed by atoms with Gasteiger partial charge in [0.25, 0.3) is 15.9 Å². The first-order chi connectivity index (χ1) is 19.8. The highest BCUT2D eigenvalue weighted by Crippen LogP contribution is 2.31. The molecule has 5 nitrogen and oxygen atoms in total. The number of hydrogen-bond donors (Lipinski definition) is 1. The molecule has 0 fully saturated rings. The summed E-state index contributed by atoms with van der Waals surface area (Å²) in [5, 5.41) is 3.70.